The van der Waals surface area contributed by atoms with E-state index >= 15 is 0 Å². The summed E-state index contributed by atoms with van der Waals surface area (Å²) in [5.41, 5.74) is 4.84. The number of halogens is 1. The molecule has 1 N–H and O–H groups in total. The van der Waals surface area contributed by atoms with Crippen LogP contribution < -0.4 is 4.74 Å². The molecule has 1 aliphatic heterocycles. The molecule has 2 aromatic carbocycles. The number of likely N-dealkylation sites (tertiary alicyclic amines) is 1. The van der Waals surface area contributed by atoms with Crippen LogP contribution in [0.1, 0.15) is 29.7 Å². The van der Waals surface area contributed by atoms with Crippen molar-refractivity contribution in [2.45, 2.75) is 25.9 Å². The molecule has 0 radical (unpaired) electrons. The minimum Gasteiger partial charge on any atom is -0.492 e. The van der Waals surface area contributed by atoms with Crippen LogP contribution in [0.5, 0.6) is 5.75 Å². The van der Waals surface area contributed by atoms with Gasteiger partial charge in [-0.05, 0) is 73.2 Å². The molecule has 1 aromatic heterocycles. The van der Waals surface area contributed by atoms with Crippen LogP contribution in [0.25, 0.3) is 11.1 Å². The highest BCUT2D eigenvalue weighted by molar-refractivity contribution is 6.30. The van der Waals surface area contributed by atoms with Crippen molar-refractivity contribution in [1.29, 1.82) is 0 Å². The summed E-state index contributed by atoms with van der Waals surface area (Å²) in [6.07, 6.45) is 3.40. The predicted molar refractivity (Wildman–Crippen MR) is 129 cm³/mol. The maximum absolute atomic E-state index is 9.60. The van der Waals surface area contributed by atoms with Crippen LogP contribution in [-0.2, 0) is 0 Å². The van der Waals surface area contributed by atoms with Gasteiger partial charge in [-0.1, -0.05) is 35.7 Å². The van der Waals surface area contributed by atoms with Crippen molar-refractivity contribution in [3.8, 4) is 28.7 Å². The zero-order valence-electron chi connectivity index (χ0n) is 18.2. The molecule has 1 fully saturated rings. The second kappa shape index (κ2) is 10.7. The van der Waals surface area contributed by atoms with E-state index in [0.29, 0.717) is 6.61 Å². The van der Waals surface area contributed by atoms with Crippen molar-refractivity contribution >= 4 is 11.6 Å². The van der Waals surface area contributed by atoms with Gasteiger partial charge in [-0.15, -0.1) is 0 Å². The Morgan fingerprint density at radius 3 is 2.47 bits per heavy atom. The molecular weight excluding hydrogens is 420 g/mol. The number of hydrogen-bond donors (Lipinski definition) is 1. The van der Waals surface area contributed by atoms with Gasteiger partial charge in [0.15, 0.2) is 0 Å². The van der Waals surface area contributed by atoms with Crippen LogP contribution in [-0.4, -0.2) is 47.3 Å². The average molecular weight is 447 g/mol. The largest absolute Gasteiger partial charge is 0.492 e. The second-order valence-corrected chi connectivity index (χ2v) is 8.53. The number of aliphatic hydroxyl groups is 1. The number of aromatic nitrogens is 1. The van der Waals surface area contributed by atoms with Crippen LogP contribution in [0.15, 0.2) is 60.8 Å². The van der Waals surface area contributed by atoms with Gasteiger partial charge in [-0.2, -0.15) is 0 Å². The van der Waals surface area contributed by atoms with E-state index in [4.69, 9.17) is 16.3 Å². The third-order valence-corrected chi connectivity index (χ3v) is 5.93. The van der Waals surface area contributed by atoms with Crippen LogP contribution in [0.2, 0.25) is 5.02 Å². The normalized spacial score (nSPS) is 14.6. The quantitative estimate of drug-likeness (QED) is 0.563. The number of benzene rings is 2. The summed E-state index contributed by atoms with van der Waals surface area (Å²) in [5.74, 6) is 7.21. The predicted octanol–water partition coefficient (Wildman–Crippen LogP) is 4.95. The number of rotatable bonds is 5. The number of ether oxygens (including phenoxy) is 1. The van der Waals surface area contributed by atoms with Crippen molar-refractivity contribution in [2.75, 3.05) is 26.2 Å². The SMILES string of the molecule is Cc1cc(C#Cc2ccc(-c3ccc(Cl)cc3)cn2)ccc1OCCN1CCC(O)CC1. The van der Waals surface area contributed by atoms with E-state index in [2.05, 4.69) is 21.7 Å². The zero-order valence-corrected chi connectivity index (χ0v) is 19.0. The Hall–Kier alpha value is -2.84. The van der Waals surface area contributed by atoms with Crippen molar-refractivity contribution in [3.05, 3.63) is 82.6 Å². The molecule has 0 amide bonds. The molecule has 4 nitrogen and oxygen atoms in total. The minimum atomic E-state index is -0.139. The number of nitrogens with zero attached hydrogens (tertiary/aromatic N) is 2. The molecule has 0 unspecified atom stereocenters. The molecule has 4 rings (SSSR count). The van der Waals surface area contributed by atoms with Crippen LogP contribution in [0.3, 0.4) is 0 Å². The second-order valence-electron chi connectivity index (χ2n) is 8.09. The molecule has 0 spiro atoms. The fourth-order valence-electron chi connectivity index (χ4n) is 3.73. The molecule has 1 aliphatic rings. The molecule has 3 aromatic rings. The molecule has 2 heterocycles. The van der Waals surface area contributed by atoms with Gasteiger partial charge in [0.25, 0.3) is 0 Å². The van der Waals surface area contributed by atoms with Gasteiger partial charge in [0, 0.05) is 42.0 Å². The summed E-state index contributed by atoms with van der Waals surface area (Å²) in [6.45, 7) is 5.44. The summed E-state index contributed by atoms with van der Waals surface area (Å²) < 4.78 is 5.97. The fourth-order valence-corrected chi connectivity index (χ4v) is 3.86. The summed E-state index contributed by atoms with van der Waals surface area (Å²) in [7, 11) is 0. The number of aryl methyl sites for hydroxylation is 1. The first-order valence-electron chi connectivity index (χ1n) is 10.9. The highest BCUT2D eigenvalue weighted by atomic mass is 35.5. The minimum absolute atomic E-state index is 0.139. The highest BCUT2D eigenvalue weighted by Gasteiger charge is 2.16. The summed E-state index contributed by atoms with van der Waals surface area (Å²) in [5, 5.41) is 10.3. The number of aliphatic hydroxyl groups excluding tert-OH is 1. The Labute approximate surface area is 194 Å². The maximum atomic E-state index is 9.60. The van der Waals surface area contributed by atoms with Gasteiger partial charge < -0.3 is 9.84 Å². The molecule has 0 saturated carbocycles. The molecule has 0 aliphatic carbocycles. The highest BCUT2D eigenvalue weighted by Crippen LogP contribution is 2.21. The van der Waals surface area contributed by atoms with E-state index in [-0.39, 0.29) is 6.10 Å². The summed E-state index contributed by atoms with van der Waals surface area (Å²) >= 11 is 5.95. The summed E-state index contributed by atoms with van der Waals surface area (Å²) in [4.78, 5) is 6.81. The van der Waals surface area contributed by atoms with Gasteiger partial charge >= 0.3 is 0 Å². The first-order chi connectivity index (χ1) is 15.6. The molecule has 0 atom stereocenters. The maximum Gasteiger partial charge on any atom is 0.122 e. The van der Waals surface area contributed by atoms with Gasteiger partial charge in [0.2, 0.25) is 0 Å². The Kier molecular flexibility index (Phi) is 7.44. The molecule has 32 heavy (non-hydrogen) atoms. The van der Waals surface area contributed by atoms with Crippen molar-refractivity contribution in [2.24, 2.45) is 0 Å². The Morgan fingerprint density at radius 1 is 1.03 bits per heavy atom. The fraction of sp³-hybridized carbons (Fsp3) is 0.296. The van der Waals surface area contributed by atoms with Gasteiger partial charge in [-0.3, -0.25) is 4.90 Å². The Balaban J connectivity index is 1.33. The van der Waals surface area contributed by atoms with E-state index in [1.807, 2.05) is 67.7 Å². The molecule has 0 bridgehead atoms. The standard InChI is InChI=1S/C27H27ClN2O2/c1-20-18-21(3-11-27(20)32-17-16-30-14-12-26(31)13-15-30)2-9-25-10-6-23(19-29-25)22-4-7-24(28)8-5-22/h3-8,10-11,18-19,26,31H,12-17H2,1H3. The van der Waals surface area contributed by atoms with E-state index in [1.54, 1.807) is 0 Å². The molecule has 1 saturated heterocycles. The van der Waals surface area contributed by atoms with Crippen molar-refractivity contribution < 1.29 is 9.84 Å². The molecular formula is C27H27ClN2O2. The lowest BCUT2D eigenvalue weighted by Gasteiger charge is -2.29. The van der Waals surface area contributed by atoms with Gasteiger partial charge in [0.1, 0.15) is 18.1 Å². The number of hydrogen-bond acceptors (Lipinski definition) is 4. The van der Waals surface area contributed by atoms with E-state index < -0.39 is 0 Å². The van der Waals surface area contributed by atoms with E-state index in [1.165, 1.54) is 0 Å². The van der Waals surface area contributed by atoms with Gasteiger partial charge in [0.05, 0.1) is 6.10 Å². The topological polar surface area (TPSA) is 45.6 Å². The Morgan fingerprint density at radius 2 is 1.78 bits per heavy atom. The molecule has 164 valence electrons. The van der Waals surface area contributed by atoms with Crippen molar-refractivity contribution in [1.82, 2.24) is 9.88 Å². The van der Waals surface area contributed by atoms with Gasteiger partial charge in [-0.25, -0.2) is 4.98 Å². The number of piperidine rings is 1. The average Bonchev–Trinajstić information content (AvgIpc) is 2.81. The first kappa shape index (κ1) is 22.4. The molecule has 5 heteroatoms. The Bertz CT molecular complexity index is 1090. The summed E-state index contributed by atoms with van der Waals surface area (Å²) in [6, 6.07) is 17.7. The lowest BCUT2D eigenvalue weighted by molar-refractivity contribution is 0.0754. The van der Waals surface area contributed by atoms with E-state index in [9.17, 15) is 5.11 Å². The lowest BCUT2D eigenvalue weighted by Crippen LogP contribution is -2.38. The van der Waals surface area contributed by atoms with Crippen LogP contribution >= 0.6 is 11.6 Å². The first-order valence-corrected chi connectivity index (χ1v) is 11.3. The van der Waals surface area contributed by atoms with Crippen LogP contribution in [0, 0.1) is 18.8 Å². The number of pyridine rings is 1. The third kappa shape index (κ3) is 6.11. The third-order valence-electron chi connectivity index (χ3n) is 5.67. The lowest BCUT2D eigenvalue weighted by atomic mass is 10.1. The monoisotopic (exact) mass is 446 g/mol. The smallest absolute Gasteiger partial charge is 0.122 e. The van der Waals surface area contributed by atoms with Crippen molar-refractivity contribution in [3.63, 3.8) is 0 Å². The van der Waals surface area contributed by atoms with E-state index in [0.717, 1.165) is 71.2 Å². The zero-order chi connectivity index (χ0) is 22.3. The van der Waals surface area contributed by atoms with Crippen LogP contribution in [0.4, 0.5) is 0 Å².